The van der Waals surface area contributed by atoms with Gasteiger partial charge in [-0.05, 0) is 66.6 Å². The van der Waals surface area contributed by atoms with E-state index in [0.717, 1.165) is 58.6 Å². The molecular weight excluding hydrogens is 761 g/mol. The third-order valence-electron chi connectivity index (χ3n) is 11.1. The number of amides is 4. The third kappa shape index (κ3) is 8.03. The largest absolute Gasteiger partial charge is 0.496 e. The first-order valence-corrected chi connectivity index (χ1v) is 19.5. The highest BCUT2D eigenvalue weighted by Gasteiger charge is 2.44. The first-order chi connectivity index (χ1) is 28.6. The number of nitrogens with zero attached hydrogens (tertiary/aromatic N) is 7. The van der Waals surface area contributed by atoms with Crippen molar-refractivity contribution in [3.8, 4) is 28.4 Å². The summed E-state index contributed by atoms with van der Waals surface area (Å²) in [4.78, 5) is 70.2. The van der Waals surface area contributed by atoms with Crippen molar-refractivity contribution in [2.24, 2.45) is 7.05 Å². The number of methoxy groups -OCH3 is 2. The number of aryl methyl sites for hydroxylation is 2. The molecule has 17 heteroatoms. The highest BCUT2D eigenvalue weighted by molar-refractivity contribution is 6.23. The molecule has 2 saturated heterocycles. The lowest BCUT2D eigenvalue weighted by Gasteiger charge is -2.32. The maximum absolute atomic E-state index is 13.1. The molecule has 2 fully saturated rings. The fourth-order valence-corrected chi connectivity index (χ4v) is 7.97. The second-order valence-electron chi connectivity index (χ2n) is 14.9. The molecule has 0 radical (unpaired) electrons. The van der Waals surface area contributed by atoms with Crippen LogP contribution in [0.2, 0.25) is 0 Å². The van der Waals surface area contributed by atoms with E-state index in [1.807, 2.05) is 30.6 Å². The number of likely N-dealkylation sites (tertiary alicyclic amines) is 1. The summed E-state index contributed by atoms with van der Waals surface area (Å²) in [5.41, 5.74) is 3.70. The number of ether oxygens (including phenoxy) is 4. The summed E-state index contributed by atoms with van der Waals surface area (Å²) < 4.78 is 27.2. The van der Waals surface area contributed by atoms with E-state index in [0.29, 0.717) is 55.4 Å². The first-order valence-electron chi connectivity index (χ1n) is 19.5. The number of nitrogens with one attached hydrogen (secondary N) is 1. The number of hydrogen-bond acceptors (Lipinski definition) is 13. The number of fused-ring (bicyclic) bond motifs is 2. The van der Waals surface area contributed by atoms with Crippen LogP contribution in [0.15, 0.2) is 66.0 Å². The average molecular weight is 805 g/mol. The maximum atomic E-state index is 13.1. The van der Waals surface area contributed by atoms with Crippen LogP contribution >= 0.6 is 0 Å². The normalized spacial score (nSPS) is 17.4. The van der Waals surface area contributed by atoms with E-state index in [1.54, 1.807) is 49.0 Å². The molecule has 1 unspecified atom stereocenters. The molecule has 59 heavy (non-hydrogen) atoms. The highest BCUT2D eigenvalue weighted by atomic mass is 16.5. The van der Waals surface area contributed by atoms with Crippen molar-refractivity contribution in [1.82, 2.24) is 39.7 Å². The van der Waals surface area contributed by atoms with E-state index in [4.69, 9.17) is 18.9 Å². The third-order valence-corrected chi connectivity index (χ3v) is 11.1. The van der Waals surface area contributed by atoms with Gasteiger partial charge in [-0.2, -0.15) is 0 Å². The van der Waals surface area contributed by atoms with Crippen molar-refractivity contribution in [3.05, 3.63) is 93.9 Å². The van der Waals surface area contributed by atoms with E-state index in [2.05, 4.69) is 25.5 Å². The van der Waals surface area contributed by atoms with E-state index < -0.39 is 29.7 Å². The van der Waals surface area contributed by atoms with Crippen molar-refractivity contribution in [3.63, 3.8) is 0 Å². The average Bonchev–Trinajstić information content (AvgIpc) is 3.81. The summed E-state index contributed by atoms with van der Waals surface area (Å²) in [5.74, 6) is -0.366. The Kier molecular flexibility index (Phi) is 11.2. The van der Waals surface area contributed by atoms with Crippen LogP contribution in [0.25, 0.3) is 21.9 Å². The number of hydrogen-bond donors (Lipinski definition) is 1. The fraction of sp³-hybridized carbons (Fsp3) is 0.381. The molecule has 5 aromatic rings. The maximum Gasteiger partial charge on any atom is 0.262 e. The molecule has 1 N–H and O–H groups in total. The van der Waals surface area contributed by atoms with Crippen LogP contribution < -0.4 is 25.1 Å². The Labute approximate surface area is 338 Å². The lowest BCUT2D eigenvalue weighted by Crippen LogP contribution is -2.54. The molecule has 17 nitrogen and oxygen atoms in total. The Bertz CT molecular complexity index is 2480. The number of rotatable bonds is 14. The van der Waals surface area contributed by atoms with E-state index in [1.165, 1.54) is 12.1 Å². The van der Waals surface area contributed by atoms with Crippen LogP contribution in [0.5, 0.6) is 17.2 Å². The molecule has 2 aromatic carbocycles. The molecule has 3 aliphatic heterocycles. The van der Waals surface area contributed by atoms with Crippen molar-refractivity contribution >= 4 is 34.4 Å². The van der Waals surface area contributed by atoms with E-state index in [-0.39, 0.29) is 35.6 Å². The summed E-state index contributed by atoms with van der Waals surface area (Å²) in [6.45, 7) is 3.52. The smallest absolute Gasteiger partial charge is 0.262 e. The van der Waals surface area contributed by atoms with Gasteiger partial charge in [0.2, 0.25) is 11.8 Å². The summed E-state index contributed by atoms with van der Waals surface area (Å²) >= 11 is 0. The van der Waals surface area contributed by atoms with Crippen LogP contribution in [-0.4, -0.2) is 104 Å². The van der Waals surface area contributed by atoms with E-state index >= 15 is 0 Å². The van der Waals surface area contributed by atoms with Gasteiger partial charge in [0, 0.05) is 70.2 Å². The minimum absolute atomic E-state index is 0.0590. The van der Waals surface area contributed by atoms with Gasteiger partial charge in [0.15, 0.2) is 0 Å². The Hall–Kier alpha value is -6.46. The predicted molar refractivity (Wildman–Crippen MR) is 212 cm³/mol. The van der Waals surface area contributed by atoms with Crippen molar-refractivity contribution in [2.75, 3.05) is 33.9 Å². The highest BCUT2D eigenvalue weighted by Crippen LogP contribution is 2.38. The first kappa shape index (κ1) is 39.4. The Morgan fingerprint density at radius 2 is 1.63 bits per heavy atom. The van der Waals surface area contributed by atoms with Crippen LogP contribution in [0, 0.1) is 0 Å². The molecule has 0 bridgehead atoms. The molecule has 6 heterocycles. The van der Waals surface area contributed by atoms with Crippen molar-refractivity contribution < 1.29 is 38.1 Å². The minimum atomic E-state index is -1.02. The van der Waals surface area contributed by atoms with Crippen molar-refractivity contribution in [1.29, 1.82) is 0 Å². The molecule has 0 spiro atoms. The summed E-state index contributed by atoms with van der Waals surface area (Å²) in [6.07, 6.45) is 9.51. The molecule has 1 atom stereocenters. The molecule has 0 aliphatic carbocycles. The fourth-order valence-electron chi connectivity index (χ4n) is 7.97. The number of imide groups is 2. The van der Waals surface area contributed by atoms with Gasteiger partial charge >= 0.3 is 0 Å². The van der Waals surface area contributed by atoms with Gasteiger partial charge in [-0.1, -0.05) is 5.21 Å². The number of pyridine rings is 2. The Morgan fingerprint density at radius 1 is 0.864 bits per heavy atom. The molecule has 306 valence electrons. The van der Waals surface area contributed by atoms with Gasteiger partial charge in [0.1, 0.15) is 29.0 Å². The number of piperidine rings is 2. The number of benzene rings is 2. The van der Waals surface area contributed by atoms with Crippen LogP contribution in [0.3, 0.4) is 0 Å². The molecule has 8 rings (SSSR count). The number of aromatic nitrogens is 5. The van der Waals surface area contributed by atoms with Gasteiger partial charge in [-0.3, -0.25) is 48.8 Å². The molecule has 3 aliphatic rings. The zero-order valence-electron chi connectivity index (χ0n) is 33.0. The number of carbonyl (C=O) groups is 4. The summed E-state index contributed by atoms with van der Waals surface area (Å²) in [5, 5.41) is 12.1. The molecular formula is C42H44N8O9. The van der Waals surface area contributed by atoms with Gasteiger partial charge in [0.05, 0.1) is 61.8 Å². The van der Waals surface area contributed by atoms with Gasteiger partial charge in [-0.25, -0.2) is 0 Å². The molecule has 0 saturated carbocycles. The molecule has 4 amide bonds. The Morgan fingerprint density at radius 3 is 2.37 bits per heavy atom. The molecule has 3 aromatic heterocycles. The summed E-state index contributed by atoms with van der Waals surface area (Å²) in [6, 6.07) is 9.48. The minimum Gasteiger partial charge on any atom is -0.496 e. The topological polar surface area (TPSA) is 189 Å². The zero-order valence-corrected chi connectivity index (χ0v) is 33.0. The van der Waals surface area contributed by atoms with Crippen LogP contribution in [-0.2, 0) is 41.1 Å². The summed E-state index contributed by atoms with van der Waals surface area (Å²) in [7, 11) is 5.04. The second-order valence-corrected chi connectivity index (χ2v) is 14.9. The lowest BCUT2D eigenvalue weighted by atomic mass is 9.98. The second kappa shape index (κ2) is 16.8. The van der Waals surface area contributed by atoms with Gasteiger partial charge < -0.3 is 23.5 Å². The Balaban J connectivity index is 0.796. The lowest BCUT2D eigenvalue weighted by molar-refractivity contribution is -0.136. The van der Waals surface area contributed by atoms with Crippen LogP contribution in [0.4, 0.5) is 0 Å². The monoisotopic (exact) mass is 804 g/mol. The zero-order chi connectivity index (χ0) is 41.2. The quantitative estimate of drug-likeness (QED) is 0.127. The van der Waals surface area contributed by atoms with Gasteiger partial charge in [-0.15, -0.1) is 5.10 Å². The van der Waals surface area contributed by atoms with E-state index in [9.17, 15) is 24.0 Å². The van der Waals surface area contributed by atoms with Crippen molar-refractivity contribution in [2.45, 2.75) is 63.9 Å². The standard InChI is InChI=1S/C42H44N8O9/c1-47-22-33(29-9-12-43-20-32(29)40(47)53)25-17-36(56-2)34(37(18-25)57-3)23-48-14-10-27(11-15-48)59-24-26-21-49(46-45-26)13-4-16-58-28-5-6-30-31(19-28)42(55)50(41(30)54)35-7-8-38(51)44-39(35)52/h5-6,9,12,17-22,27,35H,4,7-8,10-11,13-16,23-24H2,1-3H3,(H,44,51,52). The number of carbonyl (C=O) groups excluding carboxylic acids is 4. The van der Waals surface area contributed by atoms with Gasteiger partial charge in [0.25, 0.3) is 17.4 Å². The van der Waals surface area contributed by atoms with Crippen LogP contribution in [0.1, 0.15) is 64.1 Å². The SMILES string of the molecule is COc1cc(-c2cn(C)c(=O)c3cnccc23)cc(OC)c1CN1CCC(OCc2cn(CCCOc3ccc4c(c3)C(=O)N(C3CCC(=O)NC3=O)C4=O)nn2)CC1. The predicted octanol–water partition coefficient (Wildman–Crippen LogP) is 3.26.